The number of carboxylic acids is 1. The fourth-order valence-electron chi connectivity index (χ4n) is 8.16. The molecule has 1 atom stereocenters. The van der Waals surface area contributed by atoms with E-state index in [2.05, 4.69) is 91.2 Å². The number of nitrogens with zero attached hydrogens (tertiary/aromatic N) is 6. The number of carboxylic acid groups (broad SMARTS) is 1. The molecule has 2 amide bonds. The lowest BCUT2D eigenvalue weighted by atomic mass is 10.1. The number of hydrogen-bond donors (Lipinski definition) is 10. The molecule has 2 aliphatic heterocycles. The van der Waals surface area contributed by atoms with Crippen molar-refractivity contribution in [1.29, 1.82) is 0 Å². The van der Waals surface area contributed by atoms with E-state index in [-0.39, 0.29) is 48.0 Å². The predicted octanol–water partition coefficient (Wildman–Crippen LogP) is 0.539. The van der Waals surface area contributed by atoms with Crippen LogP contribution in [0.5, 0.6) is 0 Å². The van der Waals surface area contributed by atoms with Gasteiger partial charge in [-0.1, -0.05) is 24.3 Å². The second kappa shape index (κ2) is 27.9. The summed E-state index contributed by atoms with van der Waals surface area (Å²) in [4.78, 5) is 73.1. The third-order valence-corrected chi connectivity index (χ3v) is 11.9. The monoisotopic (exact) mass is 926 g/mol. The first-order valence-corrected chi connectivity index (χ1v) is 23.9. The van der Waals surface area contributed by atoms with Gasteiger partial charge in [-0.15, -0.1) is 0 Å². The summed E-state index contributed by atoms with van der Waals surface area (Å²) in [5.74, 6) is -1.95. The van der Waals surface area contributed by atoms with Crippen LogP contribution in [-0.4, -0.2) is 168 Å². The normalized spacial score (nSPS) is 18.0. The number of fused-ring (bicyclic) bond motifs is 1. The van der Waals surface area contributed by atoms with Crippen LogP contribution in [-0.2, 0) is 29.2 Å². The van der Waals surface area contributed by atoms with Crippen LogP contribution in [0.1, 0.15) is 65.7 Å². The van der Waals surface area contributed by atoms with Crippen molar-refractivity contribution in [1.82, 2.24) is 66.5 Å². The molecule has 20 nitrogen and oxygen atoms in total. The fourth-order valence-corrected chi connectivity index (χ4v) is 8.16. The van der Waals surface area contributed by atoms with Crippen LogP contribution in [0.15, 0.2) is 59.5 Å². The smallest absolute Gasteiger partial charge is 0.326 e. The molecule has 20 heteroatoms. The van der Waals surface area contributed by atoms with E-state index >= 15 is 0 Å². The molecule has 4 aromatic rings. The van der Waals surface area contributed by atoms with Gasteiger partial charge in [-0.05, 0) is 107 Å². The Hall–Kier alpha value is -5.61. The highest BCUT2D eigenvalue weighted by Crippen LogP contribution is 2.15. The number of carbonyl (C=O) groups is 3. The van der Waals surface area contributed by atoms with E-state index in [1.165, 1.54) is 17.3 Å². The number of hydrogen-bond acceptors (Lipinski definition) is 16. The van der Waals surface area contributed by atoms with Crippen molar-refractivity contribution in [2.75, 3.05) is 116 Å². The maximum atomic E-state index is 13.7. The van der Waals surface area contributed by atoms with Gasteiger partial charge in [-0.25, -0.2) is 14.8 Å². The van der Waals surface area contributed by atoms with Gasteiger partial charge in [-0.3, -0.25) is 29.2 Å². The maximum absolute atomic E-state index is 13.7. The first kappa shape index (κ1) is 50.8. The van der Waals surface area contributed by atoms with Crippen LogP contribution in [0.25, 0.3) is 11.2 Å². The Morgan fingerprint density at radius 1 is 0.687 bits per heavy atom. The topological polar surface area (TPSA) is 263 Å². The molecule has 2 aromatic carbocycles. The van der Waals surface area contributed by atoms with Crippen molar-refractivity contribution < 1.29 is 19.5 Å². The zero-order valence-corrected chi connectivity index (χ0v) is 38.8. The van der Waals surface area contributed by atoms with E-state index in [4.69, 9.17) is 5.73 Å². The lowest BCUT2D eigenvalue weighted by molar-refractivity contribution is -0.139. The van der Waals surface area contributed by atoms with Crippen molar-refractivity contribution in [2.24, 2.45) is 0 Å². The van der Waals surface area contributed by atoms with Gasteiger partial charge in [0.25, 0.3) is 11.5 Å². The first-order valence-electron chi connectivity index (χ1n) is 23.9. The molecule has 0 spiro atoms. The van der Waals surface area contributed by atoms with E-state index in [9.17, 15) is 24.3 Å². The number of H-pyrrole nitrogens is 1. The summed E-state index contributed by atoms with van der Waals surface area (Å²) >= 11 is 0. The third-order valence-electron chi connectivity index (χ3n) is 11.9. The summed E-state index contributed by atoms with van der Waals surface area (Å²) in [5, 5.41) is 33.5. The number of nitrogens with two attached hydrogens (primary N) is 1. The second-order valence-electron chi connectivity index (χ2n) is 17.2. The highest BCUT2D eigenvalue weighted by Gasteiger charge is 2.24. The molecule has 1 unspecified atom stereocenters. The van der Waals surface area contributed by atoms with E-state index in [1.54, 1.807) is 24.3 Å². The molecule has 11 N–H and O–H groups in total. The lowest BCUT2D eigenvalue weighted by Gasteiger charge is -2.27. The van der Waals surface area contributed by atoms with Crippen LogP contribution in [0, 0.1) is 0 Å². The highest BCUT2D eigenvalue weighted by molar-refractivity contribution is 5.97. The van der Waals surface area contributed by atoms with Crippen LogP contribution in [0.2, 0.25) is 0 Å². The van der Waals surface area contributed by atoms with Gasteiger partial charge in [0.2, 0.25) is 11.9 Å². The molecule has 2 saturated heterocycles. The highest BCUT2D eigenvalue weighted by atomic mass is 16.4. The van der Waals surface area contributed by atoms with Crippen molar-refractivity contribution in [3.05, 3.63) is 87.5 Å². The molecule has 2 aliphatic rings. The molecule has 0 saturated carbocycles. The first-order chi connectivity index (χ1) is 32.7. The molecule has 2 aromatic heterocycles. The predicted molar refractivity (Wildman–Crippen MR) is 261 cm³/mol. The summed E-state index contributed by atoms with van der Waals surface area (Å²) < 4.78 is 0. The number of benzene rings is 2. The molecule has 6 rings (SSSR count). The zero-order chi connectivity index (χ0) is 47.1. The van der Waals surface area contributed by atoms with Crippen LogP contribution < -0.4 is 48.5 Å². The van der Waals surface area contributed by atoms with Crippen LogP contribution in [0.4, 0.5) is 11.6 Å². The summed E-state index contributed by atoms with van der Waals surface area (Å²) in [6.07, 6.45) is 5.41. The van der Waals surface area contributed by atoms with Gasteiger partial charge in [0.05, 0.1) is 18.4 Å². The lowest BCUT2D eigenvalue weighted by Crippen LogP contribution is -2.43. The minimum atomic E-state index is -1.25. The third kappa shape index (κ3) is 17.9. The van der Waals surface area contributed by atoms with Gasteiger partial charge in [0.1, 0.15) is 6.04 Å². The summed E-state index contributed by atoms with van der Waals surface area (Å²) in [7, 11) is 0. The number of aromatic amines is 1. The Morgan fingerprint density at radius 3 is 1.90 bits per heavy atom. The summed E-state index contributed by atoms with van der Waals surface area (Å²) in [5.41, 5.74) is 9.30. The SMILES string of the molecule is Nc1nc2ncc(CNc3ccc(C(=O)NC(CCC(=O)N4CCCN(Cc5ccc(CN6CCCNCCNCCCNCC6)cc5)CCNCCCNCC4)C(=O)O)cc3)nc2c(=O)[nH]1. The van der Waals surface area contributed by atoms with Crippen LogP contribution >= 0.6 is 0 Å². The Balaban J connectivity index is 0.970. The number of rotatable bonds is 13. The molecule has 4 heterocycles. The number of nitrogens with one attached hydrogen (secondary N) is 8. The molecule has 2 fully saturated rings. The molecule has 0 radical (unpaired) electrons. The Labute approximate surface area is 393 Å². The number of anilines is 2. The number of aromatic nitrogens is 4. The van der Waals surface area contributed by atoms with Crippen LogP contribution in [0.3, 0.4) is 0 Å². The molecule has 0 bridgehead atoms. The van der Waals surface area contributed by atoms with Gasteiger partial charge in [0.15, 0.2) is 11.2 Å². The molecule has 67 heavy (non-hydrogen) atoms. The van der Waals surface area contributed by atoms with Gasteiger partial charge in [0, 0.05) is 96.2 Å². The van der Waals surface area contributed by atoms with Gasteiger partial charge in [-0.2, -0.15) is 4.98 Å². The fraction of sp³-hybridized carbons (Fsp3) is 0.553. The minimum Gasteiger partial charge on any atom is -0.480 e. The number of nitrogen functional groups attached to an aromatic ring is 1. The van der Waals surface area contributed by atoms with Crippen molar-refractivity contribution in [3.63, 3.8) is 0 Å². The van der Waals surface area contributed by atoms with Crippen molar-refractivity contribution in [3.8, 4) is 0 Å². The largest absolute Gasteiger partial charge is 0.480 e. The minimum absolute atomic E-state index is 0.0182. The molecule has 0 aliphatic carbocycles. The Kier molecular flexibility index (Phi) is 21.1. The van der Waals surface area contributed by atoms with E-state index in [0.717, 1.165) is 124 Å². The number of amides is 2. The van der Waals surface area contributed by atoms with E-state index in [1.807, 2.05) is 4.90 Å². The van der Waals surface area contributed by atoms with Gasteiger partial charge < -0.3 is 53.0 Å². The summed E-state index contributed by atoms with van der Waals surface area (Å²) in [6.45, 7) is 16.1. The van der Waals surface area contributed by atoms with Crippen molar-refractivity contribution >= 4 is 40.6 Å². The molecular formula is C47H71N15O5. The van der Waals surface area contributed by atoms with E-state index in [0.29, 0.717) is 31.0 Å². The standard InChI is InChI=1S/C47H71N15O5/c48-47-58-43-42(45(65)59-47)56-39(32-55-43)31-54-38-11-9-37(10-12-38)44(64)57-40(46(66)67)13-14-41(63)62-27-4-26-61(29-23-52-17-2-18-53-24-30-62)34-36-7-5-35(6-8-36)33-60-25-3-19-50-21-20-49-15-1-16-51-22-28-60/h5-12,32,40,49-54H,1-4,13-31,33-34H2,(H,57,64)(H,66,67)(H3,48,55,58,59,65). The number of carbonyl (C=O) groups excluding carboxylic acids is 2. The summed E-state index contributed by atoms with van der Waals surface area (Å²) in [6, 6.07) is 14.3. The Bertz CT molecular complexity index is 2180. The van der Waals surface area contributed by atoms with Gasteiger partial charge >= 0.3 is 5.97 Å². The van der Waals surface area contributed by atoms with E-state index < -0.39 is 23.5 Å². The number of aliphatic carboxylic acids is 1. The second-order valence-corrected chi connectivity index (χ2v) is 17.2. The van der Waals surface area contributed by atoms with Crippen molar-refractivity contribution in [2.45, 2.75) is 64.2 Å². The average molecular weight is 926 g/mol. The zero-order valence-electron chi connectivity index (χ0n) is 38.8. The molecule has 364 valence electrons. The molecular weight excluding hydrogens is 855 g/mol. The quantitative estimate of drug-likeness (QED) is 0.0878. The maximum Gasteiger partial charge on any atom is 0.326 e. The Morgan fingerprint density at radius 2 is 1.27 bits per heavy atom. The average Bonchev–Trinajstić information content (AvgIpc) is 3.32.